The highest BCUT2D eigenvalue weighted by molar-refractivity contribution is 6.31. The molecule has 0 atom stereocenters. The molecule has 1 heterocycles. The molecule has 2 aromatic rings. The molecule has 0 amide bonds. The lowest BCUT2D eigenvalue weighted by Crippen LogP contribution is -2.19. The van der Waals surface area contributed by atoms with E-state index >= 15 is 0 Å². The molecule has 4 nitrogen and oxygen atoms in total. The molecule has 0 aliphatic heterocycles. The van der Waals surface area contributed by atoms with Crippen LogP contribution >= 0.6 is 11.6 Å². The maximum atomic E-state index is 12.3. The van der Waals surface area contributed by atoms with Gasteiger partial charge in [0.25, 0.3) is 0 Å². The second-order valence-corrected chi connectivity index (χ2v) is 5.15. The van der Waals surface area contributed by atoms with Crippen molar-refractivity contribution in [3.05, 3.63) is 46.7 Å². The van der Waals surface area contributed by atoms with Crippen molar-refractivity contribution in [1.82, 2.24) is 4.98 Å². The number of halogens is 4. The quantitative estimate of drug-likeness (QED) is 0.895. The van der Waals surface area contributed by atoms with Crippen LogP contribution in [-0.2, 0) is 0 Å². The summed E-state index contributed by atoms with van der Waals surface area (Å²) in [6.07, 6.45) is -3.55. The van der Waals surface area contributed by atoms with Crippen molar-refractivity contribution in [1.29, 1.82) is 0 Å². The van der Waals surface area contributed by atoms with E-state index in [-0.39, 0.29) is 17.0 Å². The van der Waals surface area contributed by atoms with E-state index in [1.165, 1.54) is 0 Å². The van der Waals surface area contributed by atoms with Crippen LogP contribution in [0.4, 0.5) is 13.2 Å². The lowest BCUT2D eigenvalue weighted by molar-refractivity contribution is -0.153. The first-order valence-corrected chi connectivity index (χ1v) is 6.74. The van der Waals surface area contributed by atoms with Gasteiger partial charge in [0.05, 0.1) is 6.20 Å². The van der Waals surface area contributed by atoms with Gasteiger partial charge < -0.3 is 9.84 Å². The normalized spacial score (nSPS) is 11.3. The summed E-state index contributed by atoms with van der Waals surface area (Å²) in [5, 5.41) is 9.49. The van der Waals surface area contributed by atoms with Crippen molar-refractivity contribution in [2.24, 2.45) is 0 Å². The molecule has 0 radical (unpaired) electrons. The predicted octanol–water partition coefficient (Wildman–Crippen LogP) is 4.35. The molecule has 0 aliphatic carbocycles. The fraction of sp³-hybridized carbons (Fsp3) is 0.200. The van der Waals surface area contributed by atoms with Gasteiger partial charge in [-0.3, -0.25) is 0 Å². The lowest BCUT2D eigenvalue weighted by Gasteiger charge is -2.14. The van der Waals surface area contributed by atoms with Gasteiger partial charge in [-0.05, 0) is 36.2 Å². The highest BCUT2D eigenvalue weighted by Gasteiger charge is 2.29. The highest BCUT2D eigenvalue weighted by Crippen LogP contribution is 2.33. The third-order valence-electron chi connectivity index (χ3n) is 2.95. The summed E-state index contributed by atoms with van der Waals surface area (Å²) < 4.78 is 41.8. The van der Waals surface area contributed by atoms with Crippen LogP contribution in [0, 0.1) is 6.92 Å². The number of carboxylic acid groups (broad SMARTS) is 1. The highest BCUT2D eigenvalue weighted by atomic mass is 35.5. The number of ether oxygens (including phenoxy) is 1. The fourth-order valence-corrected chi connectivity index (χ4v) is 1.99. The summed E-state index contributed by atoms with van der Waals surface area (Å²) in [6.45, 7) is 0.224. The standard InChI is InChI=1S/C15H11ClF3NO3/c1-8-4-9(2-3-11(8)16)10-5-12(14(21)22)20-6-13(10)23-7-15(17,18)19/h2-6H,7H2,1H3,(H,21,22). The van der Waals surface area contributed by atoms with Crippen molar-refractivity contribution < 1.29 is 27.8 Å². The molecule has 1 N–H and O–H groups in total. The molecule has 0 saturated carbocycles. The third-order valence-corrected chi connectivity index (χ3v) is 3.37. The van der Waals surface area contributed by atoms with Crippen LogP contribution < -0.4 is 4.74 Å². The van der Waals surface area contributed by atoms with Crippen molar-refractivity contribution in [2.45, 2.75) is 13.1 Å². The van der Waals surface area contributed by atoms with Crippen LogP contribution in [0.15, 0.2) is 30.5 Å². The Morgan fingerprint density at radius 2 is 2.04 bits per heavy atom. The Balaban J connectivity index is 2.49. The number of hydrogen-bond acceptors (Lipinski definition) is 3. The van der Waals surface area contributed by atoms with Crippen molar-refractivity contribution in [3.8, 4) is 16.9 Å². The maximum Gasteiger partial charge on any atom is 0.422 e. The summed E-state index contributed by atoms with van der Waals surface area (Å²) in [5.74, 6) is -1.45. The van der Waals surface area contributed by atoms with E-state index in [2.05, 4.69) is 4.98 Å². The molecular formula is C15H11ClF3NO3. The van der Waals surface area contributed by atoms with Gasteiger partial charge in [-0.1, -0.05) is 17.7 Å². The second-order valence-electron chi connectivity index (χ2n) is 4.74. The second kappa shape index (κ2) is 6.45. The summed E-state index contributed by atoms with van der Waals surface area (Å²) >= 11 is 5.92. The molecule has 2 rings (SSSR count). The van der Waals surface area contributed by atoms with Gasteiger partial charge in [0.15, 0.2) is 6.61 Å². The van der Waals surface area contributed by atoms with E-state index in [1.807, 2.05) is 0 Å². The smallest absolute Gasteiger partial charge is 0.422 e. The zero-order chi connectivity index (χ0) is 17.2. The Morgan fingerprint density at radius 1 is 1.35 bits per heavy atom. The third kappa shape index (κ3) is 4.35. The zero-order valence-corrected chi connectivity index (χ0v) is 12.6. The van der Waals surface area contributed by atoms with Crippen molar-refractivity contribution in [2.75, 3.05) is 6.61 Å². The molecule has 0 aliphatic rings. The number of carboxylic acids is 1. The Hall–Kier alpha value is -2.28. The van der Waals surface area contributed by atoms with Gasteiger partial charge in [0, 0.05) is 10.6 Å². The number of aromatic carboxylic acids is 1. The summed E-state index contributed by atoms with van der Waals surface area (Å²) in [4.78, 5) is 14.6. The van der Waals surface area contributed by atoms with E-state index in [9.17, 15) is 18.0 Å². The summed E-state index contributed by atoms with van der Waals surface area (Å²) in [6, 6.07) is 5.93. The molecule has 0 spiro atoms. The number of aryl methyl sites for hydroxylation is 1. The van der Waals surface area contributed by atoms with Gasteiger partial charge in [-0.25, -0.2) is 9.78 Å². The number of benzene rings is 1. The average Bonchev–Trinajstić information content (AvgIpc) is 2.47. The first-order valence-electron chi connectivity index (χ1n) is 6.37. The van der Waals surface area contributed by atoms with E-state index in [0.717, 1.165) is 12.3 Å². The number of aromatic nitrogens is 1. The topological polar surface area (TPSA) is 59.4 Å². The van der Waals surface area contributed by atoms with Crippen LogP contribution in [0.5, 0.6) is 5.75 Å². The first kappa shape index (κ1) is 17.1. The Kier molecular flexibility index (Phi) is 4.79. The van der Waals surface area contributed by atoms with E-state index < -0.39 is 18.8 Å². The number of alkyl halides is 3. The monoisotopic (exact) mass is 345 g/mol. The van der Waals surface area contributed by atoms with Crippen molar-refractivity contribution in [3.63, 3.8) is 0 Å². The first-order chi connectivity index (χ1) is 10.7. The van der Waals surface area contributed by atoms with Crippen LogP contribution in [0.1, 0.15) is 16.1 Å². The summed E-state index contributed by atoms with van der Waals surface area (Å²) in [5.41, 5.74) is 1.07. The zero-order valence-electron chi connectivity index (χ0n) is 11.8. The van der Waals surface area contributed by atoms with Gasteiger partial charge in [-0.2, -0.15) is 13.2 Å². The Morgan fingerprint density at radius 3 is 2.61 bits per heavy atom. The molecule has 1 aromatic heterocycles. The molecule has 1 aromatic carbocycles. The number of nitrogens with zero attached hydrogens (tertiary/aromatic N) is 1. The lowest BCUT2D eigenvalue weighted by atomic mass is 10.0. The number of pyridine rings is 1. The number of hydrogen-bond donors (Lipinski definition) is 1. The number of carbonyl (C=O) groups is 1. The SMILES string of the molecule is Cc1cc(-c2cc(C(=O)O)ncc2OCC(F)(F)F)ccc1Cl. The summed E-state index contributed by atoms with van der Waals surface area (Å²) in [7, 11) is 0. The largest absolute Gasteiger partial charge is 0.482 e. The van der Waals surface area contributed by atoms with Crippen LogP contribution in [0.2, 0.25) is 5.02 Å². The molecule has 0 unspecified atom stereocenters. The minimum absolute atomic E-state index is 0.158. The molecule has 8 heteroatoms. The van der Waals surface area contributed by atoms with E-state index in [1.54, 1.807) is 25.1 Å². The predicted molar refractivity (Wildman–Crippen MR) is 77.9 cm³/mol. The average molecular weight is 346 g/mol. The molecule has 0 fully saturated rings. The molecule has 122 valence electrons. The Labute approximate surface area is 134 Å². The molecular weight excluding hydrogens is 335 g/mol. The molecule has 0 saturated heterocycles. The maximum absolute atomic E-state index is 12.3. The molecule has 0 bridgehead atoms. The van der Waals surface area contributed by atoms with Crippen LogP contribution in [0.25, 0.3) is 11.1 Å². The van der Waals surface area contributed by atoms with E-state index in [0.29, 0.717) is 16.1 Å². The minimum atomic E-state index is -4.52. The Bertz CT molecular complexity index is 747. The van der Waals surface area contributed by atoms with Gasteiger partial charge in [-0.15, -0.1) is 0 Å². The van der Waals surface area contributed by atoms with Crippen LogP contribution in [0.3, 0.4) is 0 Å². The molecule has 23 heavy (non-hydrogen) atoms. The van der Waals surface area contributed by atoms with Gasteiger partial charge >= 0.3 is 12.1 Å². The van der Waals surface area contributed by atoms with Gasteiger partial charge in [0.1, 0.15) is 11.4 Å². The van der Waals surface area contributed by atoms with E-state index in [4.69, 9.17) is 21.4 Å². The van der Waals surface area contributed by atoms with Gasteiger partial charge in [0.2, 0.25) is 0 Å². The van der Waals surface area contributed by atoms with Crippen molar-refractivity contribution >= 4 is 17.6 Å². The minimum Gasteiger partial charge on any atom is -0.482 e. The number of rotatable bonds is 4. The van der Waals surface area contributed by atoms with Crippen LogP contribution in [-0.4, -0.2) is 28.8 Å². The fourth-order valence-electron chi connectivity index (χ4n) is 1.87.